The highest BCUT2D eigenvalue weighted by atomic mass is 35.5. The molecule has 0 saturated heterocycles. The van der Waals surface area contributed by atoms with Gasteiger partial charge in [0.05, 0.1) is 6.07 Å². The molecule has 1 aromatic carbocycles. The number of nitriles is 1. The highest BCUT2D eigenvalue weighted by Gasteiger charge is 2.03. The zero-order valence-electron chi connectivity index (χ0n) is 7.33. The third kappa shape index (κ3) is 3.30. The number of hydrogen-bond acceptors (Lipinski definition) is 2. The van der Waals surface area contributed by atoms with Crippen LogP contribution in [0.2, 0.25) is 0 Å². The second-order valence-electron chi connectivity index (χ2n) is 2.65. The van der Waals surface area contributed by atoms with Crippen LogP contribution in [-0.2, 0) is 6.42 Å². The van der Waals surface area contributed by atoms with Gasteiger partial charge in [-0.05, 0) is 24.0 Å². The van der Waals surface area contributed by atoms with Gasteiger partial charge < -0.3 is 0 Å². The van der Waals surface area contributed by atoms with Gasteiger partial charge in [0, 0.05) is 11.3 Å². The van der Waals surface area contributed by atoms with E-state index >= 15 is 0 Å². The Kier molecular flexibility index (Phi) is 4.14. The first kappa shape index (κ1) is 10.4. The highest BCUT2D eigenvalue weighted by Crippen LogP contribution is 2.16. The fourth-order valence-electron chi connectivity index (χ4n) is 1.01. The summed E-state index contributed by atoms with van der Waals surface area (Å²) >= 11 is 7.41. The van der Waals surface area contributed by atoms with E-state index in [4.69, 9.17) is 16.9 Å². The average molecular weight is 212 g/mol. The summed E-state index contributed by atoms with van der Waals surface area (Å²) in [7, 11) is 0. The molecule has 3 heteroatoms. The van der Waals surface area contributed by atoms with E-state index in [1.807, 2.05) is 36.6 Å². The lowest BCUT2D eigenvalue weighted by atomic mass is 10.1. The molecule has 0 aromatic heterocycles. The minimum absolute atomic E-state index is 0.417. The molecule has 0 heterocycles. The van der Waals surface area contributed by atoms with Gasteiger partial charge in [0.2, 0.25) is 0 Å². The molecule has 0 aliphatic rings. The van der Waals surface area contributed by atoms with Crippen LogP contribution >= 0.6 is 23.4 Å². The Bertz CT molecular complexity index is 302. The smallest absolute Gasteiger partial charge is 0.124 e. The zero-order chi connectivity index (χ0) is 9.68. The van der Waals surface area contributed by atoms with Crippen LogP contribution in [0.3, 0.4) is 0 Å². The van der Waals surface area contributed by atoms with E-state index in [0.717, 1.165) is 5.56 Å². The lowest BCUT2D eigenvalue weighted by Gasteiger charge is -2.01. The molecule has 0 saturated carbocycles. The maximum absolute atomic E-state index is 8.51. The fraction of sp³-hybridized carbons (Fsp3) is 0.300. The van der Waals surface area contributed by atoms with Gasteiger partial charge in [0.15, 0.2) is 0 Å². The Morgan fingerprint density at radius 1 is 1.46 bits per heavy atom. The van der Waals surface area contributed by atoms with E-state index in [-0.39, 0.29) is 0 Å². The fourth-order valence-corrected chi connectivity index (χ4v) is 1.60. The standard InChI is InChI=1S/C10H10ClNS/c1-13-10-4-2-8(3-5-10)6-9(11)7-12/h2-5,9H,6H2,1H3. The summed E-state index contributed by atoms with van der Waals surface area (Å²) in [4.78, 5) is 1.23. The van der Waals surface area contributed by atoms with Gasteiger partial charge in [-0.2, -0.15) is 5.26 Å². The molecule has 0 aliphatic heterocycles. The minimum atomic E-state index is -0.417. The van der Waals surface area contributed by atoms with E-state index in [1.54, 1.807) is 11.8 Å². The molecule has 0 fully saturated rings. The van der Waals surface area contributed by atoms with Gasteiger partial charge in [0.25, 0.3) is 0 Å². The SMILES string of the molecule is CSc1ccc(CC(Cl)C#N)cc1. The average Bonchev–Trinajstić information content (AvgIpc) is 2.19. The van der Waals surface area contributed by atoms with Crippen molar-refractivity contribution in [2.75, 3.05) is 6.26 Å². The third-order valence-electron chi connectivity index (χ3n) is 1.71. The molecule has 1 rings (SSSR count). The highest BCUT2D eigenvalue weighted by molar-refractivity contribution is 7.98. The number of hydrogen-bond donors (Lipinski definition) is 0. The van der Waals surface area contributed by atoms with E-state index in [9.17, 15) is 0 Å². The molecule has 1 nitrogen and oxygen atoms in total. The van der Waals surface area contributed by atoms with Crippen LogP contribution in [0.25, 0.3) is 0 Å². The molecular formula is C10H10ClNS. The van der Waals surface area contributed by atoms with Crippen LogP contribution in [0.5, 0.6) is 0 Å². The molecule has 1 aromatic rings. The molecule has 0 N–H and O–H groups in total. The monoisotopic (exact) mass is 211 g/mol. The van der Waals surface area contributed by atoms with Crippen molar-refractivity contribution >= 4 is 23.4 Å². The molecule has 0 radical (unpaired) electrons. The van der Waals surface area contributed by atoms with Crippen LogP contribution in [-0.4, -0.2) is 11.6 Å². The normalized spacial score (nSPS) is 12.1. The van der Waals surface area contributed by atoms with Crippen molar-refractivity contribution in [1.29, 1.82) is 5.26 Å². The Morgan fingerprint density at radius 3 is 2.54 bits per heavy atom. The maximum atomic E-state index is 8.51. The molecule has 1 atom stereocenters. The summed E-state index contributed by atoms with van der Waals surface area (Å²) in [6.07, 6.45) is 2.65. The van der Waals surface area contributed by atoms with Crippen molar-refractivity contribution in [1.82, 2.24) is 0 Å². The second-order valence-corrected chi connectivity index (χ2v) is 4.06. The molecule has 13 heavy (non-hydrogen) atoms. The van der Waals surface area contributed by atoms with Gasteiger partial charge in [-0.3, -0.25) is 0 Å². The first-order chi connectivity index (χ1) is 6.26. The molecule has 68 valence electrons. The largest absolute Gasteiger partial charge is 0.197 e. The topological polar surface area (TPSA) is 23.8 Å². The van der Waals surface area contributed by atoms with Crippen molar-refractivity contribution in [2.24, 2.45) is 0 Å². The predicted molar refractivity (Wildman–Crippen MR) is 57.2 cm³/mol. The van der Waals surface area contributed by atoms with Gasteiger partial charge in [-0.25, -0.2) is 0 Å². The lowest BCUT2D eigenvalue weighted by molar-refractivity contribution is 1.01. The number of nitrogens with zero attached hydrogens (tertiary/aromatic N) is 1. The molecular weight excluding hydrogens is 202 g/mol. The van der Waals surface area contributed by atoms with Gasteiger partial charge in [-0.15, -0.1) is 23.4 Å². The van der Waals surface area contributed by atoms with Crippen LogP contribution in [0.4, 0.5) is 0 Å². The lowest BCUT2D eigenvalue weighted by Crippen LogP contribution is -1.98. The van der Waals surface area contributed by atoms with Crippen LogP contribution < -0.4 is 0 Å². The summed E-state index contributed by atoms with van der Waals surface area (Å²) in [5.74, 6) is 0. The summed E-state index contributed by atoms with van der Waals surface area (Å²) < 4.78 is 0. The first-order valence-electron chi connectivity index (χ1n) is 3.93. The molecule has 0 aliphatic carbocycles. The summed E-state index contributed by atoms with van der Waals surface area (Å²) in [6.45, 7) is 0. The Morgan fingerprint density at radius 2 is 2.08 bits per heavy atom. The van der Waals surface area contributed by atoms with Crippen LogP contribution in [0.15, 0.2) is 29.2 Å². The number of halogens is 1. The van der Waals surface area contributed by atoms with E-state index in [1.165, 1.54) is 4.90 Å². The summed E-state index contributed by atoms with van der Waals surface area (Å²) in [6, 6.07) is 10.1. The second kappa shape index (κ2) is 5.16. The summed E-state index contributed by atoms with van der Waals surface area (Å²) in [5.41, 5.74) is 1.11. The number of benzene rings is 1. The maximum Gasteiger partial charge on any atom is 0.124 e. The Hall–Kier alpha value is -0.650. The van der Waals surface area contributed by atoms with Crippen molar-refractivity contribution in [2.45, 2.75) is 16.7 Å². The van der Waals surface area contributed by atoms with Gasteiger partial charge in [-0.1, -0.05) is 12.1 Å². The third-order valence-corrected chi connectivity index (χ3v) is 2.71. The number of rotatable bonds is 3. The van der Waals surface area contributed by atoms with Crippen molar-refractivity contribution in [3.8, 4) is 6.07 Å². The molecule has 0 spiro atoms. The number of thioether (sulfide) groups is 1. The molecule has 0 bridgehead atoms. The van der Waals surface area contributed by atoms with Crippen molar-refractivity contribution < 1.29 is 0 Å². The van der Waals surface area contributed by atoms with E-state index in [0.29, 0.717) is 6.42 Å². The van der Waals surface area contributed by atoms with Gasteiger partial charge >= 0.3 is 0 Å². The van der Waals surface area contributed by atoms with E-state index in [2.05, 4.69) is 0 Å². The Balaban J connectivity index is 2.65. The van der Waals surface area contributed by atoms with Gasteiger partial charge in [0.1, 0.15) is 5.38 Å². The first-order valence-corrected chi connectivity index (χ1v) is 5.59. The predicted octanol–water partition coefficient (Wildman–Crippen LogP) is 3.08. The minimum Gasteiger partial charge on any atom is -0.197 e. The number of alkyl halides is 1. The van der Waals surface area contributed by atoms with Crippen LogP contribution in [0.1, 0.15) is 5.56 Å². The van der Waals surface area contributed by atoms with Crippen LogP contribution in [0, 0.1) is 11.3 Å². The quantitative estimate of drug-likeness (QED) is 0.567. The van der Waals surface area contributed by atoms with Crippen molar-refractivity contribution in [3.63, 3.8) is 0 Å². The Labute approximate surface area is 87.7 Å². The zero-order valence-corrected chi connectivity index (χ0v) is 8.90. The molecule has 1 unspecified atom stereocenters. The summed E-state index contributed by atoms with van der Waals surface area (Å²) in [5, 5.41) is 8.09. The van der Waals surface area contributed by atoms with E-state index < -0.39 is 5.38 Å². The van der Waals surface area contributed by atoms with Crippen molar-refractivity contribution in [3.05, 3.63) is 29.8 Å². The molecule has 0 amide bonds.